The molecule has 0 aliphatic carbocycles. The lowest BCUT2D eigenvalue weighted by Gasteiger charge is -2.28. The van der Waals surface area contributed by atoms with E-state index in [1.807, 2.05) is 0 Å². The number of methoxy groups -OCH3 is 1. The van der Waals surface area contributed by atoms with Gasteiger partial charge < -0.3 is 21.1 Å². The number of halogens is 4. The molecule has 0 radical (unpaired) electrons. The minimum Gasteiger partial charge on any atom is -0.385 e. The molecule has 9 nitrogen and oxygen atoms in total. The second-order valence-electron chi connectivity index (χ2n) is 7.86. The summed E-state index contributed by atoms with van der Waals surface area (Å²) in [6.45, 7) is 0.147. The zero-order valence-electron chi connectivity index (χ0n) is 18.7. The topological polar surface area (TPSA) is 128 Å². The summed E-state index contributed by atoms with van der Waals surface area (Å²) >= 11 is 0. The Bertz CT molecular complexity index is 1310. The predicted octanol–water partition coefficient (Wildman–Crippen LogP) is 3.99. The van der Waals surface area contributed by atoms with Crippen LogP contribution >= 0.6 is 0 Å². The maximum Gasteiger partial charge on any atom is 0.416 e. The summed E-state index contributed by atoms with van der Waals surface area (Å²) in [5.74, 6) is -1.17. The van der Waals surface area contributed by atoms with Crippen LogP contribution in [-0.2, 0) is 10.9 Å². The van der Waals surface area contributed by atoms with E-state index in [-0.39, 0.29) is 12.4 Å². The number of nitrogens with zero attached hydrogens (tertiary/aromatic N) is 4. The first kappa shape index (κ1) is 24.7. The maximum absolute atomic E-state index is 13.9. The van der Waals surface area contributed by atoms with E-state index in [0.717, 1.165) is 5.56 Å². The number of amides is 2. The number of nitrogens with one attached hydrogen (secondary N) is 2. The molecule has 2 aliphatic heterocycles. The van der Waals surface area contributed by atoms with E-state index in [4.69, 9.17) is 10.5 Å². The van der Waals surface area contributed by atoms with E-state index in [0.29, 0.717) is 35.2 Å². The Morgan fingerprint density at radius 1 is 1.22 bits per heavy atom. The van der Waals surface area contributed by atoms with Crippen molar-refractivity contribution < 1.29 is 27.1 Å². The molecular weight excluding hydrogens is 482 g/mol. The normalized spacial score (nSPS) is 19.0. The van der Waals surface area contributed by atoms with Crippen LogP contribution in [0.1, 0.15) is 17.0 Å². The van der Waals surface area contributed by atoms with Gasteiger partial charge in [0, 0.05) is 24.3 Å². The number of urea groups is 1. The Morgan fingerprint density at radius 2 is 1.94 bits per heavy atom. The molecule has 0 aromatic heterocycles. The Labute approximate surface area is 202 Å². The van der Waals surface area contributed by atoms with Gasteiger partial charge in [0.05, 0.1) is 17.9 Å². The highest BCUT2D eigenvalue weighted by molar-refractivity contribution is 6.00. The summed E-state index contributed by atoms with van der Waals surface area (Å²) < 4.78 is 57.9. The van der Waals surface area contributed by atoms with Crippen molar-refractivity contribution in [3.05, 3.63) is 70.7 Å². The third-order valence-corrected chi connectivity index (χ3v) is 5.65. The van der Waals surface area contributed by atoms with Gasteiger partial charge in [-0.25, -0.2) is 19.2 Å². The van der Waals surface area contributed by atoms with Gasteiger partial charge in [-0.3, -0.25) is 0 Å². The molecule has 4 rings (SSSR count). The Kier molecular flexibility index (Phi) is 6.63. The molecule has 4 N–H and O–H groups in total. The standard InChI is InChI=1S/C23H19F4N7O2/c1-36-10-15-18(9-28)34-20(21(29)30-11-31-34)19(15)12-2-5-14(6-3-12)32-22(35)33-17-8-13(23(25,26)27)4-7-16(17)24/h2-8,11,19-20H,10H2,1H3,(H2,29,30,31)(H2,32,33,35). The highest BCUT2D eigenvalue weighted by Gasteiger charge is 2.45. The number of ether oxygens (including phenoxy) is 1. The molecule has 2 aromatic rings. The molecule has 186 valence electrons. The zero-order valence-corrected chi connectivity index (χ0v) is 18.7. The number of hydrogen-bond donors (Lipinski definition) is 3. The number of rotatable bonds is 5. The van der Waals surface area contributed by atoms with Crippen molar-refractivity contribution in [2.75, 3.05) is 24.4 Å². The number of carbonyl (C=O) groups excluding carboxylic acids is 1. The monoisotopic (exact) mass is 501 g/mol. The van der Waals surface area contributed by atoms with Crippen molar-refractivity contribution >= 4 is 29.6 Å². The highest BCUT2D eigenvalue weighted by atomic mass is 19.4. The van der Waals surface area contributed by atoms with Gasteiger partial charge in [-0.2, -0.15) is 23.5 Å². The van der Waals surface area contributed by atoms with Gasteiger partial charge >= 0.3 is 12.2 Å². The molecule has 2 aliphatic rings. The fourth-order valence-corrected chi connectivity index (χ4v) is 4.09. The number of carbonyl (C=O) groups is 1. The first-order valence-electron chi connectivity index (χ1n) is 10.5. The molecule has 2 aromatic carbocycles. The quantitative estimate of drug-likeness (QED) is 0.534. The zero-order chi connectivity index (χ0) is 26.0. The van der Waals surface area contributed by atoms with E-state index in [9.17, 15) is 27.6 Å². The van der Waals surface area contributed by atoms with Crippen LogP contribution in [0.15, 0.2) is 63.8 Å². The number of fused-ring (bicyclic) bond motifs is 1. The number of alkyl halides is 3. The van der Waals surface area contributed by atoms with Crippen molar-refractivity contribution in [2.45, 2.75) is 18.1 Å². The van der Waals surface area contributed by atoms with Gasteiger partial charge in [-0.15, -0.1) is 0 Å². The Morgan fingerprint density at radius 3 is 2.58 bits per heavy atom. The second-order valence-corrected chi connectivity index (χ2v) is 7.86. The van der Waals surface area contributed by atoms with Crippen LogP contribution in [0.3, 0.4) is 0 Å². The number of hydrazone groups is 1. The number of nitrogens with two attached hydrogens (primary N) is 1. The van der Waals surface area contributed by atoms with Gasteiger partial charge in [0.1, 0.15) is 35.8 Å². The number of amidine groups is 1. The highest BCUT2D eigenvalue weighted by Crippen LogP contribution is 2.42. The molecule has 0 bridgehead atoms. The van der Waals surface area contributed by atoms with Crippen LogP contribution in [0, 0.1) is 17.1 Å². The fourth-order valence-electron chi connectivity index (χ4n) is 4.09. The number of anilines is 2. The molecule has 0 spiro atoms. The molecule has 13 heteroatoms. The van der Waals surface area contributed by atoms with E-state index in [1.54, 1.807) is 24.3 Å². The average Bonchev–Trinajstić information content (AvgIpc) is 3.15. The minimum atomic E-state index is -4.69. The Balaban J connectivity index is 1.54. The largest absolute Gasteiger partial charge is 0.416 e. The number of allylic oxidation sites excluding steroid dienone is 1. The van der Waals surface area contributed by atoms with Crippen molar-refractivity contribution in [1.29, 1.82) is 5.26 Å². The van der Waals surface area contributed by atoms with Gasteiger partial charge in [0.15, 0.2) is 0 Å². The predicted molar refractivity (Wildman–Crippen MR) is 123 cm³/mol. The molecule has 2 atom stereocenters. The van der Waals surface area contributed by atoms with Crippen LogP contribution < -0.4 is 16.4 Å². The van der Waals surface area contributed by atoms with Gasteiger partial charge in [-0.05, 0) is 35.9 Å². The minimum absolute atomic E-state index is 0.147. The van der Waals surface area contributed by atoms with E-state index in [1.165, 1.54) is 18.5 Å². The lowest BCUT2D eigenvalue weighted by molar-refractivity contribution is -0.137. The summed E-state index contributed by atoms with van der Waals surface area (Å²) in [5, 5.41) is 19.9. The molecule has 2 unspecified atom stereocenters. The SMILES string of the molecule is COCC1=C(C#N)N2N=CN=C(N)C2C1c1ccc(NC(=O)Nc2cc(C(F)(F)F)ccc2F)cc1. The summed E-state index contributed by atoms with van der Waals surface area (Å²) in [6, 6.07) is 8.86. The first-order chi connectivity index (χ1) is 17.1. The van der Waals surface area contributed by atoms with Crippen molar-refractivity contribution in [2.24, 2.45) is 15.8 Å². The summed E-state index contributed by atoms with van der Waals surface area (Å²) in [6.07, 6.45) is -3.43. The summed E-state index contributed by atoms with van der Waals surface area (Å²) in [5.41, 5.74) is 6.37. The smallest absolute Gasteiger partial charge is 0.385 e. The van der Waals surface area contributed by atoms with Crippen LogP contribution in [0.5, 0.6) is 0 Å². The number of nitriles is 1. The van der Waals surface area contributed by atoms with E-state index in [2.05, 4.69) is 26.8 Å². The molecule has 2 amide bonds. The lowest BCUT2D eigenvalue weighted by atomic mass is 9.86. The maximum atomic E-state index is 13.9. The second kappa shape index (κ2) is 9.67. The van der Waals surface area contributed by atoms with Crippen LogP contribution in [0.25, 0.3) is 0 Å². The van der Waals surface area contributed by atoms with Crippen molar-refractivity contribution in [3.63, 3.8) is 0 Å². The third kappa shape index (κ3) is 4.71. The van der Waals surface area contributed by atoms with Gasteiger partial charge in [0.25, 0.3) is 0 Å². The first-order valence-corrected chi connectivity index (χ1v) is 10.5. The Hall–Kier alpha value is -4.44. The number of hydrogen-bond acceptors (Lipinski definition) is 7. The van der Waals surface area contributed by atoms with Crippen molar-refractivity contribution in [1.82, 2.24) is 5.01 Å². The average molecular weight is 501 g/mol. The van der Waals surface area contributed by atoms with Crippen LogP contribution in [0.4, 0.5) is 33.7 Å². The molecule has 0 saturated carbocycles. The van der Waals surface area contributed by atoms with E-state index >= 15 is 0 Å². The number of aliphatic imine (C=N–C) groups is 1. The molecule has 36 heavy (non-hydrogen) atoms. The van der Waals surface area contributed by atoms with E-state index < -0.39 is 41.2 Å². The molecule has 2 heterocycles. The molecular formula is C23H19F4N7O2. The van der Waals surface area contributed by atoms with Crippen LogP contribution in [0.2, 0.25) is 0 Å². The fraction of sp³-hybridized carbons (Fsp3) is 0.217. The van der Waals surface area contributed by atoms with Gasteiger partial charge in [0.2, 0.25) is 0 Å². The summed E-state index contributed by atoms with van der Waals surface area (Å²) in [4.78, 5) is 16.4. The molecule has 0 saturated heterocycles. The van der Waals surface area contributed by atoms with Gasteiger partial charge in [-0.1, -0.05) is 12.1 Å². The van der Waals surface area contributed by atoms with Crippen LogP contribution in [-0.4, -0.2) is 43.0 Å². The lowest BCUT2D eigenvalue weighted by Crippen LogP contribution is -2.43. The molecule has 0 fully saturated rings. The number of benzene rings is 2. The third-order valence-electron chi connectivity index (χ3n) is 5.65. The summed E-state index contributed by atoms with van der Waals surface area (Å²) in [7, 11) is 1.50. The van der Waals surface area contributed by atoms with Crippen molar-refractivity contribution in [3.8, 4) is 6.07 Å².